The van der Waals surface area contributed by atoms with Crippen LogP contribution in [0.1, 0.15) is 41.7 Å². The predicted octanol–water partition coefficient (Wildman–Crippen LogP) is 4.27. The van der Waals surface area contributed by atoms with Gasteiger partial charge in [-0.3, -0.25) is 4.79 Å². The number of rotatable bonds is 5. The number of carbonyl (C=O) groups excluding carboxylic acids is 1. The number of hydrogen-bond donors (Lipinski definition) is 2. The maximum absolute atomic E-state index is 12.6. The summed E-state index contributed by atoms with van der Waals surface area (Å²) in [7, 11) is 1.61. The van der Waals surface area contributed by atoms with Crippen LogP contribution >= 0.6 is 0 Å². The average molecular weight is 400 g/mol. The largest absolute Gasteiger partial charge is 0.497 e. The molecule has 6 nitrogen and oxygen atoms in total. The number of fused-ring (bicyclic) bond motifs is 1. The number of benzene rings is 2. The standard InChI is InChI=1S/C24H24N4O2/c1-30-20-11-9-16(10-12-20)24(29)28-18-6-4-5-17(13-18)26-23-14-19(15-25)27-22-8-3-2-7-21(22)23/h2-3,7-12,14,17-18H,4-6,13H2,1H3,(H,26,27)(H,28,29)/t17-,18?/m0/s1. The second kappa shape index (κ2) is 8.83. The maximum atomic E-state index is 12.6. The van der Waals surface area contributed by atoms with Gasteiger partial charge < -0.3 is 15.4 Å². The highest BCUT2D eigenvalue weighted by atomic mass is 16.5. The first kappa shape index (κ1) is 19.7. The molecule has 1 aliphatic carbocycles. The minimum atomic E-state index is -0.0653. The summed E-state index contributed by atoms with van der Waals surface area (Å²) >= 11 is 0. The highest BCUT2D eigenvalue weighted by molar-refractivity contribution is 5.94. The van der Waals surface area contributed by atoms with Crippen molar-refractivity contribution in [3.05, 3.63) is 65.9 Å². The molecule has 2 atom stereocenters. The third-order valence-electron chi connectivity index (χ3n) is 5.55. The first-order valence-electron chi connectivity index (χ1n) is 10.2. The van der Waals surface area contributed by atoms with Crippen molar-refractivity contribution in [1.82, 2.24) is 10.3 Å². The number of pyridine rings is 1. The number of amides is 1. The molecule has 2 N–H and O–H groups in total. The molecule has 1 heterocycles. The zero-order chi connectivity index (χ0) is 20.9. The molecule has 1 fully saturated rings. The molecule has 1 unspecified atom stereocenters. The van der Waals surface area contributed by atoms with E-state index in [1.54, 1.807) is 31.4 Å². The first-order valence-corrected chi connectivity index (χ1v) is 10.2. The Balaban J connectivity index is 1.45. The number of nitrogens with zero attached hydrogens (tertiary/aromatic N) is 2. The molecule has 0 aliphatic heterocycles. The number of hydrogen-bond acceptors (Lipinski definition) is 5. The summed E-state index contributed by atoms with van der Waals surface area (Å²) in [5.74, 6) is 0.666. The van der Waals surface area contributed by atoms with Gasteiger partial charge in [0.25, 0.3) is 5.91 Å². The first-order chi connectivity index (χ1) is 14.7. The molecule has 30 heavy (non-hydrogen) atoms. The van der Waals surface area contributed by atoms with Crippen LogP contribution in [0.25, 0.3) is 10.9 Å². The van der Waals surface area contributed by atoms with E-state index < -0.39 is 0 Å². The van der Waals surface area contributed by atoms with Gasteiger partial charge in [-0.05, 0) is 62.1 Å². The number of methoxy groups -OCH3 is 1. The van der Waals surface area contributed by atoms with E-state index in [1.807, 2.05) is 30.3 Å². The summed E-state index contributed by atoms with van der Waals surface area (Å²) < 4.78 is 5.15. The number of carbonyl (C=O) groups is 1. The van der Waals surface area contributed by atoms with Gasteiger partial charge in [-0.25, -0.2) is 4.98 Å². The SMILES string of the molecule is COc1ccc(C(=O)NC2CCC[C@H](Nc3cc(C#N)nc4ccccc34)C2)cc1. The van der Waals surface area contributed by atoms with Crippen molar-refractivity contribution in [3.63, 3.8) is 0 Å². The Morgan fingerprint density at radius 1 is 1.13 bits per heavy atom. The molecule has 4 rings (SSSR count). The Hall–Kier alpha value is -3.59. The predicted molar refractivity (Wildman–Crippen MR) is 117 cm³/mol. The van der Waals surface area contributed by atoms with Crippen molar-refractivity contribution in [2.24, 2.45) is 0 Å². The topological polar surface area (TPSA) is 87.0 Å². The Kier molecular flexibility index (Phi) is 5.80. The lowest BCUT2D eigenvalue weighted by Crippen LogP contribution is -2.41. The third kappa shape index (κ3) is 4.36. The summed E-state index contributed by atoms with van der Waals surface area (Å²) in [5, 5.41) is 17.1. The van der Waals surface area contributed by atoms with Crippen molar-refractivity contribution >= 4 is 22.5 Å². The Morgan fingerprint density at radius 3 is 2.67 bits per heavy atom. The summed E-state index contributed by atoms with van der Waals surface area (Å²) in [5.41, 5.74) is 2.75. The van der Waals surface area contributed by atoms with Crippen LogP contribution in [-0.4, -0.2) is 30.1 Å². The average Bonchev–Trinajstić information content (AvgIpc) is 2.79. The van der Waals surface area contributed by atoms with E-state index in [4.69, 9.17) is 4.74 Å². The molecular formula is C24H24N4O2. The van der Waals surface area contributed by atoms with Gasteiger partial charge in [0, 0.05) is 28.7 Å². The molecule has 152 valence electrons. The summed E-state index contributed by atoms with van der Waals surface area (Å²) in [6.07, 6.45) is 3.84. The van der Waals surface area contributed by atoms with Crippen molar-refractivity contribution < 1.29 is 9.53 Å². The van der Waals surface area contributed by atoms with Gasteiger partial charge in [0.15, 0.2) is 0 Å². The van der Waals surface area contributed by atoms with Crippen LogP contribution in [0, 0.1) is 11.3 Å². The zero-order valence-corrected chi connectivity index (χ0v) is 16.9. The van der Waals surface area contributed by atoms with Crippen molar-refractivity contribution in [2.45, 2.75) is 37.8 Å². The Bertz CT molecular complexity index is 1090. The van der Waals surface area contributed by atoms with Crippen molar-refractivity contribution in [1.29, 1.82) is 5.26 Å². The normalized spacial score (nSPS) is 18.4. The molecule has 0 spiro atoms. The maximum Gasteiger partial charge on any atom is 0.251 e. The van der Waals surface area contributed by atoms with E-state index in [-0.39, 0.29) is 18.0 Å². The molecular weight excluding hydrogens is 376 g/mol. The summed E-state index contributed by atoms with van der Waals surface area (Å²) in [6.45, 7) is 0. The number of anilines is 1. The van der Waals surface area contributed by atoms with Crippen LogP contribution in [0.2, 0.25) is 0 Å². The van der Waals surface area contributed by atoms with Gasteiger partial charge in [-0.1, -0.05) is 18.2 Å². The van der Waals surface area contributed by atoms with Gasteiger partial charge >= 0.3 is 0 Å². The Morgan fingerprint density at radius 2 is 1.90 bits per heavy atom. The smallest absolute Gasteiger partial charge is 0.251 e. The Labute approximate surface area is 175 Å². The monoisotopic (exact) mass is 400 g/mol. The fourth-order valence-electron chi connectivity index (χ4n) is 4.04. The lowest BCUT2D eigenvalue weighted by molar-refractivity contribution is 0.0926. The number of ether oxygens (including phenoxy) is 1. The minimum absolute atomic E-state index is 0.0653. The number of aromatic nitrogens is 1. The van der Waals surface area contributed by atoms with Gasteiger partial charge in [-0.15, -0.1) is 0 Å². The van der Waals surface area contributed by atoms with E-state index in [9.17, 15) is 10.1 Å². The van der Waals surface area contributed by atoms with Crippen LogP contribution in [-0.2, 0) is 0 Å². The van der Waals surface area contributed by atoms with Crippen LogP contribution in [0.15, 0.2) is 54.6 Å². The van der Waals surface area contributed by atoms with E-state index in [0.29, 0.717) is 11.3 Å². The summed E-state index contributed by atoms with van der Waals surface area (Å²) in [6, 6.07) is 19.2. The molecule has 6 heteroatoms. The van der Waals surface area contributed by atoms with Crippen LogP contribution in [0.3, 0.4) is 0 Å². The van der Waals surface area contributed by atoms with E-state index >= 15 is 0 Å². The van der Waals surface area contributed by atoms with Gasteiger partial charge in [0.2, 0.25) is 0 Å². The molecule has 0 bridgehead atoms. The molecule has 1 amide bonds. The van der Waals surface area contributed by atoms with E-state index in [2.05, 4.69) is 21.7 Å². The summed E-state index contributed by atoms with van der Waals surface area (Å²) in [4.78, 5) is 17.0. The number of nitriles is 1. The second-order valence-electron chi connectivity index (χ2n) is 7.59. The highest BCUT2D eigenvalue weighted by Gasteiger charge is 2.24. The van der Waals surface area contributed by atoms with Crippen LogP contribution < -0.4 is 15.4 Å². The van der Waals surface area contributed by atoms with Gasteiger partial charge in [0.05, 0.1) is 12.6 Å². The molecule has 2 aromatic carbocycles. The van der Waals surface area contributed by atoms with Crippen molar-refractivity contribution in [2.75, 3.05) is 12.4 Å². The van der Waals surface area contributed by atoms with Crippen LogP contribution in [0.5, 0.6) is 5.75 Å². The lowest BCUT2D eigenvalue weighted by atomic mass is 9.90. The zero-order valence-electron chi connectivity index (χ0n) is 16.9. The molecule has 0 radical (unpaired) electrons. The third-order valence-corrected chi connectivity index (χ3v) is 5.55. The molecule has 0 saturated heterocycles. The van der Waals surface area contributed by atoms with E-state index in [0.717, 1.165) is 48.0 Å². The fourth-order valence-corrected chi connectivity index (χ4v) is 4.04. The highest BCUT2D eigenvalue weighted by Crippen LogP contribution is 2.28. The molecule has 3 aromatic rings. The fraction of sp³-hybridized carbons (Fsp3) is 0.292. The van der Waals surface area contributed by atoms with Crippen LogP contribution in [0.4, 0.5) is 5.69 Å². The van der Waals surface area contributed by atoms with E-state index in [1.165, 1.54) is 0 Å². The lowest BCUT2D eigenvalue weighted by Gasteiger charge is -2.31. The molecule has 1 saturated carbocycles. The van der Waals surface area contributed by atoms with Gasteiger partial charge in [0.1, 0.15) is 17.5 Å². The quantitative estimate of drug-likeness (QED) is 0.668. The van der Waals surface area contributed by atoms with Gasteiger partial charge in [-0.2, -0.15) is 5.26 Å². The van der Waals surface area contributed by atoms with Crippen molar-refractivity contribution in [3.8, 4) is 11.8 Å². The molecule has 1 aromatic heterocycles. The second-order valence-corrected chi connectivity index (χ2v) is 7.59. The minimum Gasteiger partial charge on any atom is -0.497 e. The number of nitrogens with one attached hydrogen (secondary N) is 2. The molecule has 1 aliphatic rings. The number of para-hydroxylation sites is 1.